The van der Waals surface area contributed by atoms with Crippen LogP contribution in [-0.4, -0.2) is 9.78 Å². The summed E-state index contributed by atoms with van der Waals surface area (Å²) in [6.07, 6.45) is 2.24. The predicted octanol–water partition coefficient (Wildman–Crippen LogP) is 1.53. The van der Waals surface area contributed by atoms with E-state index in [1.54, 1.807) is 6.20 Å². The number of hydrogen-bond donors (Lipinski definition) is 1. The first-order chi connectivity index (χ1) is 6.81. The van der Waals surface area contributed by atoms with Gasteiger partial charge < -0.3 is 5.73 Å². The van der Waals surface area contributed by atoms with E-state index in [0.29, 0.717) is 13.0 Å². The Morgan fingerprint density at radius 3 is 3.14 bits per heavy atom. The lowest BCUT2D eigenvalue weighted by Gasteiger charge is -1.99. The minimum absolute atomic E-state index is 0.473. The molecule has 1 aromatic heterocycles. The summed E-state index contributed by atoms with van der Waals surface area (Å²) >= 11 is 0. The number of benzene rings is 1. The molecule has 0 saturated carbocycles. The van der Waals surface area contributed by atoms with Crippen LogP contribution in [0.25, 0.3) is 10.9 Å². The van der Waals surface area contributed by atoms with E-state index in [1.165, 1.54) is 0 Å². The van der Waals surface area contributed by atoms with Gasteiger partial charge in [-0.2, -0.15) is 10.4 Å². The minimum atomic E-state index is 0.473. The number of rotatable bonds is 2. The van der Waals surface area contributed by atoms with Crippen molar-refractivity contribution >= 4 is 16.6 Å². The highest BCUT2D eigenvalue weighted by Crippen LogP contribution is 2.16. The molecule has 1 heterocycles. The summed E-state index contributed by atoms with van der Waals surface area (Å²) in [7, 11) is 0. The topological polar surface area (TPSA) is 67.6 Å². The molecule has 2 rings (SSSR count). The first-order valence-electron chi connectivity index (χ1n) is 4.39. The molecule has 0 spiro atoms. The van der Waals surface area contributed by atoms with Crippen LogP contribution in [0.2, 0.25) is 0 Å². The fourth-order valence-corrected chi connectivity index (χ4v) is 1.44. The van der Waals surface area contributed by atoms with E-state index in [-0.39, 0.29) is 0 Å². The molecule has 0 aliphatic carbocycles. The quantitative estimate of drug-likeness (QED) is 0.723. The van der Waals surface area contributed by atoms with Crippen molar-refractivity contribution in [2.75, 3.05) is 5.73 Å². The molecule has 0 aliphatic rings. The van der Waals surface area contributed by atoms with Crippen LogP contribution >= 0.6 is 0 Å². The Hall–Kier alpha value is -2.02. The lowest BCUT2D eigenvalue weighted by atomic mass is 10.2. The van der Waals surface area contributed by atoms with Gasteiger partial charge >= 0.3 is 0 Å². The second-order valence-electron chi connectivity index (χ2n) is 3.09. The third-order valence-electron chi connectivity index (χ3n) is 2.10. The zero-order valence-corrected chi connectivity index (χ0v) is 7.64. The van der Waals surface area contributed by atoms with Crippen LogP contribution in [0.4, 0.5) is 5.69 Å². The average Bonchev–Trinajstić information content (AvgIpc) is 2.57. The normalized spacial score (nSPS) is 10.2. The zero-order valence-electron chi connectivity index (χ0n) is 7.64. The molecule has 0 fully saturated rings. The Balaban J connectivity index is 2.43. The number of aryl methyl sites for hydroxylation is 1. The summed E-state index contributed by atoms with van der Waals surface area (Å²) in [6.45, 7) is 0.629. The highest BCUT2D eigenvalue weighted by Gasteiger charge is 2.01. The molecule has 0 amide bonds. The number of nitrogens with two attached hydrogens (primary N) is 1. The summed E-state index contributed by atoms with van der Waals surface area (Å²) < 4.78 is 1.82. The van der Waals surface area contributed by atoms with Gasteiger partial charge in [-0.15, -0.1) is 0 Å². The lowest BCUT2D eigenvalue weighted by molar-refractivity contribution is 0.649. The van der Waals surface area contributed by atoms with E-state index in [2.05, 4.69) is 11.2 Å². The zero-order chi connectivity index (χ0) is 9.97. The first-order valence-corrected chi connectivity index (χ1v) is 4.39. The number of nitrogens with zero attached hydrogens (tertiary/aromatic N) is 3. The van der Waals surface area contributed by atoms with Gasteiger partial charge in [0.05, 0.1) is 30.7 Å². The van der Waals surface area contributed by atoms with Crippen molar-refractivity contribution in [3.8, 4) is 6.07 Å². The Morgan fingerprint density at radius 1 is 1.50 bits per heavy atom. The second-order valence-corrected chi connectivity index (χ2v) is 3.09. The molecule has 0 atom stereocenters. The Kier molecular flexibility index (Phi) is 2.07. The van der Waals surface area contributed by atoms with E-state index in [1.807, 2.05) is 22.9 Å². The molecule has 4 heteroatoms. The summed E-state index contributed by atoms with van der Waals surface area (Å²) in [5.74, 6) is 0. The molecule has 2 aromatic rings. The fraction of sp³-hybridized carbons (Fsp3) is 0.200. The molecule has 1 aromatic carbocycles. The molecule has 4 nitrogen and oxygen atoms in total. The van der Waals surface area contributed by atoms with Crippen molar-refractivity contribution in [3.05, 3.63) is 24.4 Å². The Bertz CT molecular complexity index is 492. The van der Waals surface area contributed by atoms with Crippen molar-refractivity contribution in [2.45, 2.75) is 13.0 Å². The van der Waals surface area contributed by atoms with Crippen LogP contribution in [0.5, 0.6) is 0 Å². The highest BCUT2D eigenvalue weighted by molar-refractivity contribution is 5.81. The molecule has 0 bridgehead atoms. The van der Waals surface area contributed by atoms with Gasteiger partial charge in [-0.3, -0.25) is 4.68 Å². The molecule has 0 saturated heterocycles. The maximum Gasteiger partial charge on any atom is 0.0684 e. The monoisotopic (exact) mass is 186 g/mol. The van der Waals surface area contributed by atoms with Crippen molar-refractivity contribution in [1.29, 1.82) is 5.26 Å². The minimum Gasteiger partial charge on any atom is -0.399 e. The number of fused-ring (bicyclic) bond motifs is 1. The van der Waals surface area contributed by atoms with E-state index in [0.717, 1.165) is 16.6 Å². The highest BCUT2D eigenvalue weighted by atomic mass is 15.3. The Morgan fingerprint density at radius 2 is 2.36 bits per heavy atom. The number of hydrogen-bond acceptors (Lipinski definition) is 3. The lowest BCUT2D eigenvalue weighted by Crippen LogP contribution is -1.98. The largest absolute Gasteiger partial charge is 0.399 e. The van der Waals surface area contributed by atoms with Crippen LogP contribution in [0.15, 0.2) is 24.4 Å². The van der Waals surface area contributed by atoms with Gasteiger partial charge in [0.1, 0.15) is 0 Å². The maximum atomic E-state index is 8.47. The smallest absolute Gasteiger partial charge is 0.0684 e. The number of anilines is 1. The van der Waals surface area contributed by atoms with Crippen molar-refractivity contribution in [3.63, 3.8) is 0 Å². The van der Waals surface area contributed by atoms with E-state index >= 15 is 0 Å². The third kappa shape index (κ3) is 1.40. The number of aromatic nitrogens is 2. The standard InChI is InChI=1S/C10H10N4/c11-4-1-5-14-10-3-2-9(12)6-8(10)7-13-14/h2-3,6-7H,1,5,12H2. The summed E-state index contributed by atoms with van der Waals surface area (Å²) in [4.78, 5) is 0. The van der Waals surface area contributed by atoms with Gasteiger partial charge in [-0.1, -0.05) is 0 Å². The van der Waals surface area contributed by atoms with Crippen molar-refractivity contribution in [2.24, 2.45) is 0 Å². The van der Waals surface area contributed by atoms with Gasteiger partial charge in [0.25, 0.3) is 0 Å². The van der Waals surface area contributed by atoms with Crippen LogP contribution < -0.4 is 5.73 Å². The van der Waals surface area contributed by atoms with E-state index in [9.17, 15) is 0 Å². The molecule has 14 heavy (non-hydrogen) atoms. The van der Waals surface area contributed by atoms with Gasteiger partial charge in [0, 0.05) is 11.1 Å². The van der Waals surface area contributed by atoms with Gasteiger partial charge in [-0.25, -0.2) is 0 Å². The summed E-state index contributed by atoms with van der Waals surface area (Å²) in [5, 5.41) is 13.7. The van der Waals surface area contributed by atoms with Gasteiger partial charge in [0.2, 0.25) is 0 Å². The van der Waals surface area contributed by atoms with Crippen molar-refractivity contribution < 1.29 is 0 Å². The maximum absolute atomic E-state index is 8.47. The number of nitriles is 1. The molecule has 70 valence electrons. The van der Waals surface area contributed by atoms with E-state index in [4.69, 9.17) is 11.0 Å². The van der Waals surface area contributed by atoms with Crippen molar-refractivity contribution in [1.82, 2.24) is 9.78 Å². The Labute approximate surface area is 81.5 Å². The molecule has 0 aliphatic heterocycles. The fourth-order valence-electron chi connectivity index (χ4n) is 1.44. The first kappa shape index (κ1) is 8.57. The summed E-state index contributed by atoms with van der Waals surface area (Å²) in [5.41, 5.74) is 7.40. The SMILES string of the molecule is N#CCCn1ncc2cc(N)ccc21. The van der Waals surface area contributed by atoms with Crippen LogP contribution in [0.1, 0.15) is 6.42 Å². The van der Waals surface area contributed by atoms with Gasteiger partial charge in [0.15, 0.2) is 0 Å². The van der Waals surface area contributed by atoms with Crippen LogP contribution in [0, 0.1) is 11.3 Å². The molecule has 2 N–H and O–H groups in total. The average molecular weight is 186 g/mol. The van der Waals surface area contributed by atoms with Crippen LogP contribution in [-0.2, 0) is 6.54 Å². The second kappa shape index (κ2) is 3.38. The molecular weight excluding hydrogens is 176 g/mol. The molecular formula is C10H10N4. The van der Waals surface area contributed by atoms with E-state index < -0.39 is 0 Å². The molecule has 0 radical (unpaired) electrons. The third-order valence-corrected chi connectivity index (χ3v) is 2.10. The summed E-state index contributed by atoms with van der Waals surface area (Å²) in [6, 6.07) is 7.74. The number of nitrogen functional groups attached to an aromatic ring is 1. The van der Waals surface area contributed by atoms with Crippen LogP contribution in [0.3, 0.4) is 0 Å². The van der Waals surface area contributed by atoms with Gasteiger partial charge in [-0.05, 0) is 18.2 Å². The predicted molar refractivity (Wildman–Crippen MR) is 54.4 cm³/mol. The molecule has 0 unspecified atom stereocenters.